The number of hydrogen-bond donors (Lipinski definition) is 1. The van der Waals surface area contributed by atoms with Gasteiger partial charge < -0.3 is 14.3 Å². The predicted molar refractivity (Wildman–Crippen MR) is 125 cm³/mol. The zero-order valence-corrected chi connectivity index (χ0v) is 17.2. The second kappa shape index (κ2) is 7.24. The lowest BCUT2D eigenvalue weighted by Crippen LogP contribution is -2.19. The lowest BCUT2D eigenvalue weighted by atomic mass is 9.89. The first kappa shape index (κ1) is 18.6. The second-order valence-electron chi connectivity index (χ2n) is 8.22. The van der Waals surface area contributed by atoms with Crippen LogP contribution in [0.15, 0.2) is 94.5 Å². The van der Waals surface area contributed by atoms with E-state index in [1.54, 1.807) is 12.1 Å². The van der Waals surface area contributed by atoms with Crippen LogP contribution in [0.1, 0.15) is 29.0 Å². The maximum atomic E-state index is 13.4. The number of nitrogens with one attached hydrogen (secondary N) is 1. The average Bonchev–Trinajstić information content (AvgIpc) is 3.11. The Morgan fingerprint density at radius 2 is 1.72 bits per heavy atom. The molecule has 5 heteroatoms. The van der Waals surface area contributed by atoms with Crippen LogP contribution in [-0.2, 0) is 11.3 Å². The highest BCUT2D eigenvalue weighted by Gasteiger charge is 2.30. The molecular weight excluding hydrogens is 400 g/mol. The molecule has 1 unspecified atom stereocenters. The standard InChI is InChI=1S/C27H20N2O3/c30-25-13-19(21-16-32-24-12-5-4-9-18(24)27(21)31)20-15-29(14-17-7-2-1-3-8-17)23-11-6-10-22(28-25)26(20)23/h1-12,15-16,19H,13-14H2,(H,28,30). The number of aromatic nitrogens is 1. The average molecular weight is 420 g/mol. The molecule has 1 aliphatic heterocycles. The van der Waals surface area contributed by atoms with E-state index in [2.05, 4.69) is 34.3 Å². The summed E-state index contributed by atoms with van der Waals surface area (Å²) in [6, 6.07) is 23.4. The first-order valence-corrected chi connectivity index (χ1v) is 10.6. The van der Waals surface area contributed by atoms with Crippen molar-refractivity contribution in [2.45, 2.75) is 18.9 Å². The molecule has 32 heavy (non-hydrogen) atoms. The fourth-order valence-corrected chi connectivity index (χ4v) is 4.77. The van der Waals surface area contributed by atoms with E-state index in [1.165, 1.54) is 11.8 Å². The number of nitrogens with zero attached hydrogens (tertiary/aromatic N) is 1. The number of amides is 1. The largest absolute Gasteiger partial charge is 0.464 e. The first-order chi connectivity index (χ1) is 15.7. The summed E-state index contributed by atoms with van der Waals surface area (Å²) >= 11 is 0. The van der Waals surface area contributed by atoms with Gasteiger partial charge in [0, 0.05) is 36.0 Å². The molecule has 2 aromatic heterocycles. The highest BCUT2D eigenvalue weighted by atomic mass is 16.3. The first-order valence-electron chi connectivity index (χ1n) is 10.6. The number of fused-ring (bicyclic) bond motifs is 1. The predicted octanol–water partition coefficient (Wildman–Crippen LogP) is 5.27. The number of rotatable bonds is 3. The van der Waals surface area contributed by atoms with Gasteiger partial charge in [0.25, 0.3) is 0 Å². The molecule has 0 saturated heterocycles. The molecule has 0 radical (unpaired) electrons. The van der Waals surface area contributed by atoms with Crippen LogP contribution in [0.3, 0.4) is 0 Å². The lowest BCUT2D eigenvalue weighted by Gasteiger charge is -2.13. The summed E-state index contributed by atoms with van der Waals surface area (Å²) < 4.78 is 7.99. The lowest BCUT2D eigenvalue weighted by molar-refractivity contribution is -0.116. The molecule has 6 rings (SSSR count). The number of anilines is 1. The Labute approximate surface area is 183 Å². The molecule has 0 bridgehead atoms. The zero-order chi connectivity index (χ0) is 21.7. The minimum absolute atomic E-state index is 0.0898. The van der Waals surface area contributed by atoms with Gasteiger partial charge >= 0.3 is 0 Å². The molecule has 5 aromatic rings. The molecule has 1 amide bonds. The molecule has 3 aromatic carbocycles. The van der Waals surface area contributed by atoms with Gasteiger partial charge in [0.2, 0.25) is 5.91 Å². The highest BCUT2D eigenvalue weighted by Crippen LogP contribution is 2.40. The summed E-state index contributed by atoms with van der Waals surface area (Å²) in [7, 11) is 0. The van der Waals surface area contributed by atoms with Crippen molar-refractivity contribution in [3.8, 4) is 0 Å². The zero-order valence-electron chi connectivity index (χ0n) is 17.2. The smallest absolute Gasteiger partial charge is 0.225 e. The van der Waals surface area contributed by atoms with Crippen LogP contribution in [0.25, 0.3) is 21.9 Å². The molecular formula is C27H20N2O3. The third kappa shape index (κ3) is 2.94. The molecule has 0 aliphatic carbocycles. The van der Waals surface area contributed by atoms with Crippen LogP contribution < -0.4 is 10.7 Å². The maximum Gasteiger partial charge on any atom is 0.225 e. The molecule has 1 aliphatic rings. The number of benzene rings is 3. The van der Waals surface area contributed by atoms with Crippen molar-refractivity contribution in [2.75, 3.05) is 5.32 Å². The quantitative estimate of drug-likeness (QED) is 0.432. The van der Waals surface area contributed by atoms with Gasteiger partial charge in [-0.2, -0.15) is 0 Å². The number of para-hydroxylation sites is 1. The van der Waals surface area contributed by atoms with E-state index < -0.39 is 0 Å². The van der Waals surface area contributed by atoms with Gasteiger partial charge in [-0.3, -0.25) is 9.59 Å². The molecule has 3 heterocycles. The topological polar surface area (TPSA) is 64.2 Å². The van der Waals surface area contributed by atoms with Crippen molar-refractivity contribution in [1.82, 2.24) is 4.57 Å². The van der Waals surface area contributed by atoms with Gasteiger partial charge in [-0.15, -0.1) is 0 Å². The monoisotopic (exact) mass is 420 g/mol. The Balaban J connectivity index is 1.58. The number of carbonyl (C=O) groups is 1. The van der Waals surface area contributed by atoms with Gasteiger partial charge in [-0.1, -0.05) is 48.5 Å². The summed E-state index contributed by atoms with van der Waals surface area (Å²) in [6.07, 6.45) is 3.79. The van der Waals surface area contributed by atoms with Crippen molar-refractivity contribution in [3.63, 3.8) is 0 Å². The summed E-state index contributed by atoms with van der Waals surface area (Å²) in [5.41, 5.74) is 4.92. The molecule has 0 fully saturated rings. The van der Waals surface area contributed by atoms with Gasteiger partial charge in [0.15, 0.2) is 5.43 Å². The van der Waals surface area contributed by atoms with Crippen LogP contribution in [0, 0.1) is 0 Å². The van der Waals surface area contributed by atoms with E-state index in [1.807, 2.05) is 42.5 Å². The van der Waals surface area contributed by atoms with E-state index in [0.29, 0.717) is 23.1 Å². The second-order valence-corrected chi connectivity index (χ2v) is 8.22. The van der Waals surface area contributed by atoms with Crippen LogP contribution in [-0.4, -0.2) is 10.5 Å². The van der Waals surface area contributed by atoms with E-state index in [4.69, 9.17) is 4.42 Å². The molecule has 0 spiro atoms. The van der Waals surface area contributed by atoms with Gasteiger partial charge in [0.05, 0.1) is 22.9 Å². The summed E-state index contributed by atoms with van der Waals surface area (Å²) in [4.78, 5) is 26.2. The van der Waals surface area contributed by atoms with Crippen LogP contribution in [0.5, 0.6) is 0 Å². The van der Waals surface area contributed by atoms with Crippen LogP contribution >= 0.6 is 0 Å². The maximum absolute atomic E-state index is 13.4. The van der Waals surface area contributed by atoms with Crippen molar-refractivity contribution >= 4 is 33.5 Å². The Morgan fingerprint density at radius 3 is 2.59 bits per heavy atom. The SMILES string of the molecule is O=C1CC(c2coc3ccccc3c2=O)c2cn(Cc3ccccc3)c3cccc(c23)N1. The highest BCUT2D eigenvalue weighted by molar-refractivity contribution is 6.06. The Kier molecular flexibility index (Phi) is 4.21. The molecule has 156 valence electrons. The fraction of sp³-hybridized carbons (Fsp3) is 0.111. The minimum Gasteiger partial charge on any atom is -0.464 e. The van der Waals surface area contributed by atoms with Gasteiger partial charge in [-0.25, -0.2) is 0 Å². The third-order valence-electron chi connectivity index (χ3n) is 6.25. The van der Waals surface area contributed by atoms with E-state index in [-0.39, 0.29) is 23.7 Å². The van der Waals surface area contributed by atoms with Gasteiger partial charge in [0.1, 0.15) is 5.58 Å². The summed E-state index contributed by atoms with van der Waals surface area (Å²) in [5.74, 6) is -0.500. The number of carbonyl (C=O) groups excluding carboxylic acids is 1. The fourth-order valence-electron chi connectivity index (χ4n) is 4.77. The van der Waals surface area contributed by atoms with Crippen molar-refractivity contribution < 1.29 is 9.21 Å². The molecule has 1 N–H and O–H groups in total. The normalized spacial score (nSPS) is 15.6. The Bertz CT molecular complexity index is 1550. The Morgan fingerprint density at radius 1 is 0.906 bits per heavy atom. The molecule has 5 nitrogen and oxygen atoms in total. The van der Waals surface area contributed by atoms with Crippen LogP contribution in [0.2, 0.25) is 0 Å². The minimum atomic E-state index is -0.390. The molecule has 1 atom stereocenters. The van der Waals surface area contributed by atoms with Crippen molar-refractivity contribution in [3.05, 3.63) is 112 Å². The third-order valence-corrected chi connectivity index (χ3v) is 6.25. The van der Waals surface area contributed by atoms with Crippen molar-refractivity contribution in [2.24, 2.45) is 0 Å². The van der Waals surface area contributed by atoms with Crippen molar-refractivity contribution in [1.29, 1.82) is 0 Å². The molecule has 0 saturated carbocycles. The Hall–Kier alpha value is -4.12. The van der Waals surface area contributed by atoms with Crippen LogP contribution in [0.4, 0.5) is 5.69 Å². The summed E-state index contributed by atoms with van der Waals surface area (Å²) in [5, 5.41) is 4.54. The summed E-state index contributed by atoms with van der Waals surface area (Å²) in [6.45, 7) is 0.702. The van der Waals surface area contributed by atoms with E-state index in [0.717, 1.165) is 22.2 Å². The van der Waals surface area contributed by atoms with E-state index in [9.17, 15) is 9.59 Å². The van der Waals surface area contributed by atoms with E-state index >= 15 is 0 Å². The number of hydrogen-bond acceptors (Lipinski definition) is 3. The van der Waals surface area contributed by atoms with Gasteiger partial charge in [-0.05, 0) is 35.4 Å².